The molecule has 0 spiro atoms. The van der Waals surface area contributed by atoms with Gasteiger partial charge in [-0.25, -0.2) is 0 Å². The molecule has 0 radical (unpaired) electrons. The van der Waals surface area contributed by atoms with E-state index in [1.54, 1.807) is 25.1 Å². The summed E-state index contributed by atoms with van der Waals surface area (Å²) in [6.45, 7) is 3.16. The number of aryl methyl sites for hydroxylation is 1. The van der Waals surface area contributed by atoms with Crippen LogP contribution in [0.1, 0.15) is 52.0 Å². The number of anilines is 1. The number of nitro groups is 1. The summed E-state index contributed by atoms with van der Waals surface area (Å²) in [5.41, 5.74) is 1.18. The second-order valence-corrected chi connectivity index (χ2v) is 8.27. The number of halogens is 1. The molecule has 2 aromatic rings. The molecule has 2 fully saturated rings. The molecule has 1 aliphatic carbocycles. The molecule has 33 heavy (non-hydrogen) atoms. The summed E-state index contributed by atoms with van der Waals surface area (Å²) in [5, 5.41) is 20.4. The van der Waals surface area contributed by atoms with Gasteiger partial charge in [0, 0.05) is 29.4 Å². The highest BCUT2D eigenvalue weighted by Crippen LogP contribution is 2.27. The molecule has 1 atom stereocenters. The van der Waals surface area contributed by atoms with Crippen molar-refractivity contribution in [3.63, 3.8) is 0 Å². The first-order chi connectivity index (χ1) is 15.4. The molecule has 1 saturated carbocycles. The second-order valence-electron chi connectivity index (χ2n) is 8.27. The molecule has 9 nitrogen and oxygen atoms in total. The Kier molecular flexibility index (Phi) is 7.88. The predicted molar refractivity (Wildman–Crippen MR) is 126 cm³/mol. The van der Waals surface area contributed by atoms with Gasteiger partial charge in [-0.15, -0.1) is 12.4 Å². The number of amides is 2. The lowest BCUT2D eigenvalue weighted by molar-refractivity contribution is -0.385. The quantitative estimate of drug-likeness (QED) is 0.397. The van der Waals surface area contributed by atoms with Crippen molar-refractivity contribution in [1.82, 2.24) is 10.6 Å². The van der Waals surface area contributed by atoms with Crippen molar-refractivity contribution in [1.29, 1.82) is 0 Å². The Morgan fingerprint density at radius 1 is 1.15 bits per heavy atom. The van der Waals surface area contributed by atoms with Crippen LogP contribution in [0, 0.1) is 17.0 Å². The zero-order valence-electron chi connectivity index (χ0n) is 18.3. The third kappa shape index (κ3) is 6.21. The van der Waals surface area contributed by atoms with E-state index < -0.39 is 10.8 Å². The van der Waals surface area contributed by atoms with Crippen molar-refractivity contribution in [2.45, 2.75) is 44.7 Å². The molecule has 2 aliphatic rings. The maximum Gasteiger partial charge on any atom is 0.282 e. The number of nitrogens with one attached hydrogen (secondary N) is 3. The summed E-state index contributed by atoms with van der Waals surface area (Å²) in [5.74, 6) is -0.447. The first-order valence-electron chi connectivity index (χ1n) is 10.8. The smallest absolute Gasteiger partial charge is 0.282 e. The Morgan fingerprint density at radius 3 is 2.61 bits per heavy atom. The van der Waals surface area contributed by atoms with E-state index in [1.807, 2.05) is 0 Å². The number of hydrogen-bond acceptors (Lipinski definition) is 6. The molecule has 0 bridgehead atoms. The fraction of sp³-hybridized carbons (Fsp3) is 0.391. The Hall–Kier alpha value is -3.17. The number of ether oxygens (including phenoxy) is 1. The summed E-state index contributed by atoms with van der Waals surface area (Å²) in [7, 11) is 0. The fourth-order valence-corrected chi connectivity index (χ4v) is 3.63. The molecule has 176 valence electrons. The van der Waals surface area contributed by atoms with Crippen LogP contribution in [0.2, 0.25) is 0 Å². The van der Waals surface area contributed by atoms with Gasteiger partial charge in [-0.05, 0) is 69.0 Å². The van der Waals surface area contributed by atoms with Gasteiger partial charge in [0.25, 0.3) is 17.5 Å². The SMILES string of the molecule is Cc1ccc(C(=O)NC2CC2)cc1NC(=O)c1cc(OC[C@H]2CCCN2)ccc1[N+](=O)[O-].Cl. The van der Waals surface area contributed by atoms with Crippen molar-refractivity contribution < 1.29 is 19.2 Å². The normalized spacial score (nSPS) is 17.1. The van der Waals surface area contributed by atoms with E-state index in [9.17, 15) is 19.7 Å². The highest BCUT2D eigenvalue weighted by atomic mass is 35.5. The van der Waals surface area contributed by atoms with Crippen LogP contribution in [-0.4, -0.2) is 42.0 Å². The Bertz CT molecular complexity index is 1050. The van der Waals surface area contributed by atoms with Gasteiger partial charge >= 0.3 is 0 Å². The topological polar surface area (TPSA) is 123 Å². The maximum atomic E-state index is 13.0. The second kappa shape index (κ2) is 10.6. The van der Waals surface area contributed by atoms with Gasteiger partial charge in [0.2, 0.25) is 0 Å². The fourth-order valence-electron chi connectivity index (χ4n) is 3.63. The van der Waals surface area contributed by atoms with Crippen molar-refractivity contribution in [2.24, 2.45) is 0 Å². The van der Waals surface area contributed by atoms with E-state index in [0.717, 1.165) is 37.8 Å². The van der Waals surface area contributed by atoms with Crippen molar-refractivity contribution in [3.8, 4) is 5.75 Å². The number of benzene rings is 2. The minimum Gasteiger partial charge on any atom is -0.492 e. The first kappa shape index (κ1) is 24.5. The van der Waals surface area contributed by atoms with E-state index in [0.29, 0.717) is 23.6 Å². The molecule has 1 aliphatic heterocycles. The Labute approximate surface area is 197 Å². The number of nitro benzene ring substituents is 1. The monoisotopic (exact) mass is 474 g/mol. The predicted octanol–water partition coefficient (Wildman–Crippen LogP) is 3.60. The molecule has 1 saturated heterocycles. The number of rotatable bonds is 8. The molecule has 0 aromatic heterocycles. The standard InChI is InChI=1S/C23H26N4O5.ClH/c1-14-4-5-15(22(28)25-16-6-7-16)11-20(14)26-23(29)19-12-18(8-9-21(19)27(30)31)32-13-17-3-2-10-24-17;/h4-5,8-9,11-12,16-17,24H,2-3,6-7,10,13H2,1H3,(H,25,28)(H,26,29);1H/t17-;/m1./s1. The first-order valence-corrected chi connectivity index (χ1v) is 10.8. The van der Waals surface area contributed by atoms with Crippen LogP contribution in [0.3, 0.4) is 0 Å². The van der Waals surface area contributed by atoms with Gasteiger partial charge in [0.15, 0.2) is 0 Å². The minimum atomic E-state index is -0.635. The van der Waals surface area contributed by atoms with E-state index in [2.05, 4.69) is 16.0 Å². The van der Waals surface area contributed by atoms with Crippen molar-refractivity contribution in [3.05, 3.63) is 63.2 Å². The molecule has 4 rings (SSSR count). The maximum absolute atomic E-state index is 13.0. The molecule has 0 unspecified atom stereocenters. The minimum absolute atomic E-state index is 0. The zero-order chi connectivity index (χ0) is 22.7. The van der Waals surface area contributed by atoms with E-state index in [4.69, 9.17) is 4.74 Å². The summed E-state index contributed by atoms with van der Waals surface area (Å²) in [4.78, 5) is 36.2. The Balaban J connectivity index is 0.00000306. The number of hydrogen-bond donors (Lipinski definition) is 3. The van der Waals surface area contributed by atoms with E-state index >= 15 is 0 Å². The lowest BCUT2D eigenvalue weighted by Gasteiger charge is -2.14. The van der Waals surface area contributed by atoms with Crippen LogP contribution in [0.5, 0.6) is 5.75 Å². The van der Waals surface area contributed by atoms with E-state index in [1.165, 1.54) is 18.2 Å². The van der Waals surface area contributed by atoms with Crippen LogP contribution in [-0.2, 0) is 0 Å². The lowest BCUT2D eigenvalue weighted by atomic mass is 10.1. The molecular formula is C23H27ClN4O5. The average molecular weight is 475 g/mol. The third-order valence-electron chi connectivity index (χ3n) is 5.68. The Morgan fingerprint density at radius 2 is 1.94 bits per heavy atom. The summed E-state index contributed by atoms with van der Waals surface area (Å²) in [6.07, 6.45) is 4.03. The summed E-state index contributed by atoms with van der Waals surface area (Å²) < 4.78 is 5.76. The highest BCUT2D eigenvalue weighted by molar-refractivity contribution is 6.08. The summed E-state index contributed by atoms with van der Waals surface area (Å²) >= 11 is 0. The highest BCUT2D eigenvalue weighted by Gasteiger charge is 2.25. The van der Waals surface area contributed by atoms with Gasteiger partial charge in [-0.2, -0.15) is 0 Å². The number of carbonyl (C=O) groups excluding carboxylic acids is 2. The van der Waals surface area contributed by atoms with Crippen LogP contribution in [0.15, 0.2) is 36.4 Å². The van der Waals surface area contributed by atoms with E-state index in [-0.39, 0.29) is 41.6 Å². The van der Waals surface area contributed by atoms with Crippen LogP contribution >= 0.6 is 12.4 Å². The van der Waals surface area contributed by atoms with Gasteiger partial charge < -0.3 is 20.7 Å². The van der Waals surface area contributed by atoms with Crippen LogP contribution in [0.25, 0.3) is 0 Å². The molecule has 2 amide bonds. The molecule has 3 N–H and O–H groups in total. The lowest BCUT2D eigenvalue weighted by Crippen LogP contribution is -2.28. The van der Waals surface area contributed by atoms with Crippen LogP contribution in [0.4, 0.5) is 11.4 Å². The van der Waals surface area contributed by atoms with Crippen molar-refractivity contribution >= 4 is 35.6 Å². The molecule has 2 aromatic carbocycles. The van der Waals surface area contributed by atoms with Gasteiger partial charge in [0.1, 0.15) is 17.9 Å². The van der Waals surface area contributed by atoms with Crippen LogP contribution < -0.4 is 20.7 Å². The molecule has 10 heteroatoms. The van der Waals surface area contributed by atoms with Gasteiger partial charge in [-0.1, -0.05) is 6.07 Å². The van der Waals surface area contributed by atoms with Crippen molar-refractivity contribution in [2.75, 3.05) is 18.5 Å². The zero-order valence-corrected chi connectivity index (χ0v) is 19.1. The number of nitrogens with zero attached hydrogens (tertiary/aromatic N) is 1. The summed E-state index contributed by atoms with van der Waals surface area (Å²) in [6, 6.07) is 9.62. The van der Waals surface area contributed by atoms with Gasteiger partial charge in [-0.3, -0.25) is 19.7 Å². The third-order valence-corrected chi connectivity index (χ3v) is 5.68. The molecular weight excluding hydrogens is 448 g/mol. The average Bonchev–Trinajstić information content (AvgIpc) is 3.43. The van der Waals surface area contributed by atoms with Gasteiger partial charge in [0.05, 0.1) is 4.92 Å². The molecule has 1 heterocycles. The number of carbonyl (C=O) groups is 2. The largest absolute Gasteiger partial charge is 0.492 e.